The fraction of sp³-hybridized carbons (Fsp3) is 0.286. The van der Waals surface area contributed by atoms with Gasteiger partial charge in [0, 0.05) is 31.9 Å². The van der Waals surface area contributed by atoms with Gasteiger partial charge in [-0.2, -0.15) is 0 Å². The predicted molar refractivity (Wildman–Crippen MR) is 101 cm³/mol. The highest BCUT2D eigenvalue weighted by Crippen LogP contribution is 2.27. The van der Waals surface area contributed by atoms with Crippen molar-refractivity contribution >= 4 is 23.2 Å². The van der Waals surface area contributed by atoms with Gasteiger partial charge in [-0.3, -0.25) is 0 Å². The number of benzene rings is 2. The van der Waals surface area contributed by atoms with E-state index in [2.05, 4.69) is 80.3 Å². The molecule has 1 aliphatic heterocycles. The van der Waals surface area contributed by atoms with E-state index in [1.54, 1.807) is 0 Å². The topological polar surface area (TPSA) is 26.4 Å². The van der Waals surface area contributed by atoms with Crippen LogP contribution in [0, 0.1) is 0 Å². The Kier molecular flexibility index (Phi) is 5.91. The van der Waals surface area contributed by atoms with Gasteiger partial charge in [0.15, 0.2) is 11.5 Å². The van der Waals surface area contributed by atoms with E-state index in [0.29, 0.717) is 0 Å². The van der Waals surface area contributed by atoms with Crippen LogP contribution in [0.1, 0.15) is 25.8 Å². The first-order valence-electron chi connectivity index (χ1n) is 8.29. The summed E-state index contributed by atoms with van der Waals surface area (Å²) in [7, 11) is 4.10. The first-order valence-corrected chi connectivity index (χ1v) is 8.29. The van der Waals surface area contributed by atoms with Crippen molar-refractivity contribution in [2.75, 3.05) is 19.0 Å². The average molecular weight is 357 g/mol. The van der Waals surface area contributed by atoms with Crippen LogP contribution < -0.4 is 27.0 Å². The fourth-order valence-electron chi connectivity index (χ4n) is 2.85. The monoisotopic (exact) mass is 356 g/mol. The highest BCUT2D eigenvalue weighted by atomic mass is 35.5. The van der Waals surface area contributed by atoms with E-state index in [9.17, 15) is 0 Å². The highest BCUT2D eigenvalue weighted by Gasteiger charge is 2.29. The predicted octanol–water partition coefficient (Wildman–Crippen LogP) is 0.184. The molecule has 0 atom stereocenters. The first kappa shape index (κ1) is 19.1. The number of ether oxygens (including phenoxy) is 1. The molecule has 0 amide bonds. The molecule has 1 heterocycles. The maximum Gasteiger partial charge on any atom is 0.246 e. The molecule has 0 spiro atoms. The van der Waals surface area contributed by atoms with E-state index in [-0.39, 0.29) is 18.0 Å². The number of para-hydroxylation sites is 2. The molecule has 0 saturated heterocycles. The minimum atomic E-state index is -0.242. The summed E-state index contributed by atoms with van der Waals surface area (Å²) in [5.74, 6) is 0.904. The van der Waals surface area contributed by atoms with Gasteiger partial charge in [0.25, 0.3) is 0 Å². The summed E-state index contributed by atoms with van der Waals surface area (Å²) in [6, 6.07) is 16.6. The summed E-state index contributed by atoms with van der Waals surface area (Å²) < 4.78 is 6.15. The molecule has 1 N–H and O–H groups in total. The van der Waals surface area contributed by atoms with Gasteiger partial charge in [-0.15, -0.1) is 0 Å². The Morgan fingerprint density at radius 3 is 2.36 bits per heavy atom. The Bertz CT molecular complexity index is 777. The first-order chi connectivity index (χ1) is 11.4. The zero-order valence-corrected chi connectivity index (χ0v) is 16.0. The molecule has 3 rings (SSSR count). The van der Waals surface area contributed by atoms with Crippen molar-refractivity contribution < 1.29 is 22.1 Å². The molecule has 0 aliphatic carbocycles. The van der Waals surface area contributed by atoms with Crippen LogP contribution in [0.3, 0.4) is 0 Å². The van der Waals surface area contributed by atoms with Crippen molar-refractivity contribution in [3.63, 3.8) is 0 Å². The maximum atomic E-state index is 6.15. The molecule has 1 aliphatic rings. The zero-order chi connectivity index (χ0) is 17.2. The molecule has 0 bridgehead atoms. The van der Waals surface area contributed by atoms with Gasteiger partial charge < -0.3 is 22.0 Å². The third-order valence-electron chi connectivity index (χ3n) is 4.07. The van der Waals surface area contributed by atoms with E-state index in [4.69, 9.17) is 4.74 Å². The van der Waals surface area contributed by atoms with Gasteiger partial charge in [-0.25, -0.2) is 4.99 Å². The van der Waals surface area contributed by atoms with E-state index < -0.39 is 0 Å². The molecule has 0 radical (unpaired) electrons. The highest BCUT2D eigenvalue weighted by molar-refractivity contribution is 5.95. The van der Waals surface area contributed by atoms with Gasteiger partial charge >= 0.3 is 0 Å². The second-order valence-corrected chi connectivity index (χ2v) is 7.00. The molecular weight excluding hydrogens is 332 g/mol. The summed E-state index contributed by atoms with van der Waals surface area (Å²) in [6.45, 7) is 4.24. The fourth-order valence-corrected chi connectivity index (χ4v) is 2.85. The number of anilines is 1. The van der Waals surface area contributed by atoms with Crippen molar-refractivity contribution in [2.24, 2.45) is 0 Å². The van der Waals surface area contributed by atoms with Crippen LogP contribution in [0.25, 0.3) is 6.08 Å². The van der Waals surface area contributed by atoms with Crippen LogP contribution in [-0.2, 0) is 0 Å². The van der Waals surface area contributed by atoms with Crippen LogP contribution in [0.15, 0.2) is 54.6 Å². The Morgan fingerprint density at radius 1 is 1.00 bits per heavy atom. The molecular formula is C21H25ClN2O. The van der Waals surface area contributed by atoms with Gasteiger partial charge in [0.05, 0.1) is 6.42 Å². The summed E-state index contributed by atoms with van der Waals surface area (Å²) in [5, 5.41) is 0. The van der Waals surface area contributed by atoms with Crippen molar-refractivity contribution in [3.8, 4) is 5.75 Å². The SMILES string of the molecule is CN(C)c1ccc(/C=C/C2=[NH+]c3ccccc3OC(C)(C)C2)cc1.[Cl-]. The molecule has 4 heteroatoms. The summed E-state index contributed by atoms with van der Waals surface area (Å²) >= 11 is 0. The van der Waals surface area contributed by atoms with E-state index in [1.807, 2.05) is 18.2 Å². The Hall–Kier alpha value is -2.26. The third kappa shape index (κ3) is 4.86. The van der Waals surface area contributed by atoms with Crippen molar-refractivity contribution in [1.82, 2.24) is 0 Å². The number of allylic oxidation sites excluding steroid dienone is 1. The van der Waals surface area contributed by atoms with Crippen LogP contribution in [0.2, 0.25) is 0 Å². The van der Waals surface area contributed by atoms with Gasteiger partial charge in [0.1, 0.15) is 5.60 Å². The van der Waals surface area contributed by atoms with Gasteiger partial charge in [-0.05, 0) is 43.7 Å². The van der Waals surface area contributed by atoms with E-state index in [1.165, 1.54) is 11.3 Å². The average Bonchev–Trinajstić information content (AvgIpc) is 2.67. The molecule has 0 aromatic heterocycles. The Balaban J connectivity index is 0.00000225. The lowest BCUT2D eigenvalue weighted by Gasteiger charge is -2.22. The largest absolute Gasteiger partial charge is 1.00 e. The molecule has 2 aromatic rings. The Morgan fingerprint density at radius 2 is 1.68 bits per heavy atom. The molecule has 3 nitrogen and oxygen atoms in total. The molecule has 0 unspecified atom stereocenters. The molecule has 0 saturated carbocycles. The minimum Gasteiger partial charge on any atom is -1.00 e. The number of hydrogen-bond acceptors (Lipinski definition) is 2. The molecule has 2 aromatic carbocycles. The number of nitrogens with one attached hydrogen (secondary N) is 1. The van der Waals surface area contributed by atoms with Crippen molar-refractivity contribution in [1.29, 1.82) is 0 Å². The van der Waals surface area contributed by atoms with Crippen LogP contribution in [0.5, 0.6) is 5.75 Å². The number of hydrogen-bond donors (Lipinski definition) is 1. The lowest BCUT2D eigenvalue weighted by Crippen LogP contribution is -3.00. The van der Waals surface area contributed by atoms with E-state index >= 15 is 0 Å². The lowest BCUT2D eigenvalue weighted by atomic mass is 10.0. The third-order valence-corrected chi connectivity index (χ3v) is 4.07. The van der Waals surface area contributed by atoms with Crippen molar-refractivity contribution in [2.45, 2.75) is 25.9 Å². The summed E-state index contributed by atoms with van der Waals surface area (Å²) in [6.07, 6.45) is 5.12. The van der Waals surface area contributed by atoms with Gasteiger partial charge in [0.2, 0.25) is 5.69 Å². The number of rotatable bonds is 3. The summed E-state index contributed by atoms with van der Waals surface area (Å²) in [4.78, 5) is 5.61. The lowest BCUT2D eigenvalue weighted by molar-refractivity contribution is -0.353. The summed E-state index contributed by atoms with van der Waals surface area (Å²) in [5.41, 5.74) is 4.32. The molecule has 0 fully saturated rings. The van der Waals surface area contributed by atoms with E-state index in [0.717, 1.165) is 23.6 Å². The second kappa shape index (κ2) is 7.75. The van der Waals surface area contributed by atoms with Crippen LogP contribution in [-0.4, -0.2) is 25.4 Å². The van der Waals surface area contributed by atoms with Gasteiger partial charge in [-0.1, -0.05) is 24.3 Å². The number of fused-ring (bicyclic) bond motifs is 1. The second-order valence-electron chi connectivity index (χ2n) is 7.00. The molecule has 25 heavy (non-hydrogen) atoms. The number of nitrogens with zero attached hydrogens (tertiary/aromatic N) is 1. The van der Waals surface area contributed by atoms with Crippen LogP contribution in [0.4, 0.5) is 11.4 Å². The smallest absolute Gasteiger partial charge is 0.246 e. The zero-order valence-electron chi connectivity index (χ0n) is 15.2. The van der Waals surface area contributed by atoms with Crippen LogP contribution >= 0.6 is 0 Å². The molecule has 132 valence electrons. The Labute approximate surface area is 156 Å². The standard InChI is InChI=1S/C21H24N2O.ClH/c1-21(2)15-17(22-19-7-5-6-8-20(19)24-21)12-9-16-10-13-18(14-11-16)23(3)4;/h5-14H,15H2,1-4H3;1H/b12-9+;. The number of halogens is 1. The minimum absolute atomic E-state index is 0. The maximum absolute atomic E-state index is 6.15. The van der Waals surface area contributed by atoms with Crippen molar-refractivity contribution in [3.05, 3.63) is 60.2 Å². The normalized spacial score (nSPS) is 15.4. The quantitative estimate of drug-likeness (QED) is 0.849.